The van der Waals surface area contributed by atoms with Crippen molar-refractivity contribution in [3.8, 4) is 0 Å². The van der Waals surface area contributed by atoms with E-state index >= 15 is 0 Å². The Hall–Kier alpha value is -2.68. The van der Waals surface area contributed by atoms with Crippen LogP contribution in [0.3, 0.4) is 0 Å². The van der Waals surface area contributed by atoms with Gasteiger partial charge in [-0.3, -0.25) is 9.78 Å². The Balaban J connectivity index is 1.92. The Labute approximate surface area is 120 Å². The van der Waals surface area contributed by atoms with Gasteiger partial charge in [-0.25, -0.2) is 14.8 Å². The first-order valence-electron chi connectivity index (χ1n) is 6.43. The molecule has 0 fully saturated rings. The molecule has 9 heteroatoms. The average Bonchev–Trinajstić information content (AvgIpc) is 3.10. The van der Waals surface area contributed by atoms with Crippen molar-refractivity contribution < 1.29 is 25.4 Å². The molecule has 2 aromatic rings. The Morgan fingerprint density at radius 3 is 2.76 bits per heavy atom. The van der Waals surface area contributed by atoms with E-state index in [4.69, 9.17) is 0 Å². The third kappa shape index (κ3) is 4.14. The fraction of sp³-hybridized carbons (Fsp3) is 0.333. The molecule has 1 amide bonds. The van der Waals surface area contributed by atoms with E-state index in [1.165, 1.54) is 12.5 Å². The lowest BCUT2D eigenvalue weighted by Crippen LogP contribution is -2.69. The minimum absolute atomic E-state index is 0.143. The summed E-state index contributed by atoms with van der Waals surface area (Å²) in [4.78, 5) is 35.6. The number of hydrogen-bond acceptors (Lipinski definition) is 3. The number of carbonyl (C=O) groups excluding carboxylic acids is 1. The summed E-state index contributed by atoms with van der Waals surface area (Å²) in [5, 5.41) is 11.7. The van der Waals surface area contributed by atoms with Crippen molar-refractivity contribution in [3.63, 3.8) is 0 Å². The first-order valence-corrected chi connectivity index (χ1v) is 6.43. The molecule has 2 atom stereocenters. The molecule has 0 aliphatic rings. The average molecular weight is 294 g/mol. The summed E-state index contributed by atoms with van der Waals surface area (Å²) < 4.78 is 0. The highest BCUT2D eigenvalue weighted by atomic mass is 16.4. The molecule has 0 aliphatic heterocycles. The van der Waals surface area contributed by atoms with Gasteiger partial charge in [0.2, 0.25) is 6.33 Å². The molecule has 0 aliphatic carbocycles. The number of nitrogens with one attached hydrogen (secondary N) is 4. The number of H-pyrrole nitrogens is 3. The van der Waals surface area contributed by atoms with E-state index in [9.17, 15) is 14.7 Å². The topological polar surface area (TPSA) is 153 Å². The summed E-state index contributed by atoms with van der Waals surface area (Å²) >= 11 is 0. The molecule has 21 heavy (non-hydrogen) atoms. The standard InChI is InChI=1S/C12H16N6O3/c13-9(1-7-3-14-5-16-7)11(19)18-10(12(20)21)2-8-4-15-6-17-8/h3-6,9-10H,1-2,13H2,(H,14,16)(H,15,17)(H,18,19)(H,20,21)/p+2/t9-,10-/m0/s1. The summed E-state index contributed by atoms with van der Waals surface area (Å²) in [5.74, 6) is -1.50. The number of nitrogens with zero attached hydrogens (tertiary/aromatic N) is 1. The van der Waals surface area contributed by atoms with Gasteiger partial charge in [-0.2, -0.15) is 0 Å². The summed E-state index contributed by atoms with van der Waals surface area (Å²) in [6.07, 6.45) is 6.89. The fourth-order valence-corrected chi connectivity index (χ4v) is 1.90. The number of aromatic amines is 3. The predicted molar refractivity (Wildman–Crippen MR) is 69.6 cm³/mol. The Kier molecular flexibility index (Phi) is 4.67. The van der Waals surface area contributed by atoms with Crippen molar-refractivity contribution in [2.75, 3.05) is 0 Å². The molecule has 0 unspecified atom stereocenters. The summed E-state index contributed by atoms with van der Waals surface area (Å²) in [6, 6.07) is -1.60. The van der Waals surface area contributed by atoms with E-state index in [1.54, 1.807) is 12.5 Å². The van der Waals surface area contributed by atoms with Crippen molar-refractivity contribution in [1.29, 1.82) is 0 Å². The van der Waals surface area contributed by atoms with Crippen LogP contribution in [0.15, 0.2) is 25.0 Å². The highest BCUT2D eigenvalue weighted by molar-refractivity contribution is 5.86. The van der Waals surface area contributed by atoms with Gasteiger partial charge in [0.1, 0.15) is 17.9 Å². The van der Waals surface area contributed by atoms with Gasteiger partial charge in [0.15, 0.2) is 6.04 Å². The molecule has 8 N–H and O–H groups in total. The number of aromatic nitrogens is 4. The van der Waals surface area contributed by atoms with Crippen molar-refractivity contribution in [2.45, 2.75) is 24.9 Å². The summed E-state index contributed by atoms with van der Waals surface area (Å²) in [5.41, 5.74) is 5.23. The van der Waals surface area contributed by atoms with E-state index in [0.29, 0.717) is 12.1 Å². The van der Waals surface area contributed by atoms with Crippen LogP contribution in [0.2, 0.25) is 0 Å². The van der Waals surface area contributed by atoms with Crippen molar-refractivity contribution >= 4 is 11.9 Å². The minimum Gasteiger partial charge on any atom is -0.480 e. The smallest absolute Gasteiger partial charge is 0.326 e. The van der Waals surface area contributed by atoms with Gasteiger partial charge in [-0.1, -0.05) is 0 Å². The van der Waals surface area contributed by atoms with Crippen LogP contribution in [-0.2, 0) is 22.4 Å². The van der Waals surface area contributed by atoms with Crippen LogP contribution in [0.5, 0.6) is 0 Å². The lowest BCUT2D eigenvalue weighted by atomic mass is 10.1. The lowest BCUT2D eigenvalue weighted by molar-refractivity contribution is -0.404. The maximum Gasteiger partial charge on any atom is 0.326 e. The zero-order valence-corrected chi connectivity index (χ0v) is 11.3. The first kappa shape index (κ1) is 14.7. The fourth-order valence-electron chi connectivity index (χ4n) is 1.90. The number of carbonyl (C=O) groups is 2. The first-order chi connectivity index (χ1) is 10.1. The molecule has 9 nitrogen and oxygen atoms in total. The van der Waals surface area contributed by atoms with Crippen molar-refractivity contribution in [3.05, 3.63) is 36.4 Å². The Morgan fingerprint density at radius 1 is 1.38 bits per heavy atom. The van der Waals surface area contributed by atoms with Crippen molar-refractivity contribution in [2.24, 2.45) is 0 Å². The molecule has 0 spiro atoms. The molecule has 2 rings (SSSR count). The van der Waals surface area contributed by atoms with Crippen LogP contribution >= 0.6 is 0 Å². The van der Waals surface area contributed by atoms with Crippen LogP contribution in [0, 0.1) is 0 Å². The molecule has 2 aromatic heterocycles. The number of imidazole rings is 2. The second-order valence-electron chi connectivity index (χ2n) is 4.71. The summed E-state index contributed by atoms with van der Waals surface area (Å²) in [7, 11) is 0. The van der Waals surface area contributed by atoms with Gasteiger partial charge in [-0.05, 0) is 0 Å². The number of amides is 1. The van der Waals surface area contributed by atoms with E-state index in [-0.39, 0.29) is 6.42 Å². The third-order valence-electron chi connectivity index (χ3n) is 3.03. The van der Waals surface area contributed by atoms with Crippen molar-refractivity contribution in [1.82, 2.24) is 20.3 Å². The molecule has 0 saturated heterocycles. The molecule has 0 saturated carbocycles. The van der Waals surface area contributed by atoms with E-state index in [0.717, 1.165) is 5.69 Å². The van der Waals surface area contributed by atoms with E-state index in [1.807, 2.05) is 0 Å². The van der Waals surface area contributed by atoms with Crippen LogP contribution in [0.1, 0.15) is 11.4 Å². The Bertz CT molecular complexity index is 580. The SMILES string of the molecule is [NH3+][C@@H](Cc1c[nH+]c[nH]1)C(=O)N[C@@H](Cc1cnc[nH]1)C(=O)O. The van der Waals surface area contributed by atoms with Gasteiger partial charge in [0.25, 0.3) is 5.91 Å². The number of aliphatic carboxylic acids is 1. The van der Waals surface area contributed by atoms with Gasteiger partial charge in [-0.15, -0.1) is 0 Å². The zero-order chi connectivity index (χ0) is 15.2. The van der Waals surface area contributed by atoms with Gasteiger partial charge < -0.3 is 21.1 Å². The predicted octanol–water partition coefficient (Wildman–Crippen LogP) is -2.48. The largest absolute Gasteiger partial charge is 0.480 e. The van der Waals surface area contributed by atoms with Gasteiger partial charge in [0, 0.05) is 18.3 Å². The van der Waals surface area contributed by atoms with Crippen LogP contribution in [0.4, 0.5) is 0 Å². The molecule has 0 radical (unpaired) electrons. The van der Waals surface area contributed by atoms with Crippen LogP contribution < -0.4 is 16.0 Å². The monoisotopic (exact) mass is 294 g/mol. The summed E-state index contributed by atoms with van der Waals surface area (Å²) in [6.45, 7) is 0. The van der Waals surface area contributed by atoms with E-state index in [2.05, 4.69) is 31.0 Å². The zero-order valence-electron chi connectivity index (χ0n) is 11.3. The van der Waals surface area contributed by atoms with Gasteiger partial charge in [0.05, 0.1) is 12.7 Å². The number of carboxylic acid groups (broad SMARTS) is 1. The second-order valence-corrected chi connectivity index (χ2v) is 4.71. The maximum absolute atomic E-state index is 12.0. The molecule has 112 valence electrons. The van der Waals surface area contributed by atoms with Crippen LogP contribution in [-0.4, -0.2) is 44.0 Å². The number of rotatable bonds is 7. The highest BCUT2D eigenvalue weighted by Crippen LogP contribution is 2.00. The number of quaternary nitrogens is 1. The highest BCUT2D eigenvalue weighted by Gasteiger charge is 2.26. The molecule has 0 aromatic carbocycles. The lowest BCUT2D eigenvalue weighted by Gasteiger charge is -2.15. The number of carboxylic acids is 1. The van der Waals surface area contributed by atoms with Gasteiger partial charge >= 0.3 is 5.97 Å². The minimum atomic E-state index is -1.10. The Morgan fingerprint density at radius 2 is 2.19 bits per heavy atom. The normalized spacial score (nSPS) is 13.6. The molecule has 0 bridgehead atoms. The molecule has 2 heterocycles. The maximum atomic E-state index is 12.0. The number of hydrogen-bond donors (Lipinski definition) is 5. The third-order valence-corrected chi connectivity index (χ3v) is 3.03. The molecular weight excluding hydrogens is 276 g/mol. The quantitative estimate of drug-likeness (QED) is 0.383. The van der Waals surface area contributed by atoms with Crippen LogP contribution in [0.25, 0.3) is 0 Å². The molecular formula is C12H18N6O3+2. The van der Waals surface area contributed by atoms with E-state index < -0.39 is 24.0 Å². The second kappa shape index (κ2) is 6.66.